The number of esters is 1. The maximum Gasteiger partial charge on any atom is 0.339 e. The predicted molar refractivity (Wildman–Crippen MR) is 90.1 cm³/mol. The van der Waals surface area contributed by atoms with Gasteiger partial charge < -0.3 is 9.26 Å². The molecule has 1 aliphatic carbocycles. The number of ketones is 2. The molecule has 6 heteroatoms. The van der Waals surface area contributed by atoms with E-state index in [1.807, 2.05) is 0 Å². The first-order valence-corrected chi connectivity index (χ1v) is 7.97. The zero-order chi connectivity index (χ0) is 18.3. The molecule has 0 N–H and O–H groups in total. The number of benzene rings is 2. The van der Waals surface area contributed by atoms with Crippen LogP contribution in [0.25, 0.3) is 0 Å². The van der Waals surface area contributed by atoms with Crippen molar-refractivity contribution in [2.45, 2.75) is 13.5 Å². The Bertz CT molecular complexity index is 1060. The monoisotopic (exact) mass is 347 g/mol. The van der Waals surface area contributed by atoms with E-state index >= 15 is 0 Å². The summed E-state index contributed by atoms with van der Waals surface area (Å²) in [6, 6.07) is 12.8. The molecule has 0 bridgehead atoms. The predicted octanol–water partition coefficient (Wildman–Crippen LogP) is 3.12. The molecule has 0 amide bonds. The molecule has 2 aromatic carbocycles. The molecular weight excluding hydrogens is 334 g/mol. The maximum atomic E-state index is 12.9. The number of fused-ring (bicyclic) bond motifs is 2. The average molecular weight is 347 g/mol. The number of ether oxygens (including phenoxy) is 1. The second-order valence-electron chi connectivity index (χ2n) is 5.94. The van der Waals surface area contributed by atoms with Crippen molar-refractivity contribution >= 4 is 17.5 Å². The second-order valence-corrected chi connectivity index (χ2v) is 5.94. The standard InChI is InChI=1S/C20H13NO5/c1-11-9-12(21-26-11)10-25-20(24)16-8-4-7-15-17(16)19(23)14-6-3-2-5-13(14)18(15)22/h2-9H,10H2,1H3. The lowest BCUT2D eigenvalue weighted by Crippen LogP contribution is -2.24. The fourth-order valence-electron chi connectivity index (χ4n) is 3.02. The Hall–Kier alpha value is -3.54. The second kappa shape index (κ2) is 6.07. The first kappa shape index (κ1) is 16.0. The summed E-state index contributed by atoms with van der Waals surface area (Å²) in [4.78, 5) is 38.1. The third kappa shape index (κ3) is 2.52. The quantitative estimate of drug-likeness (QED) is 0.529. The van der Waals surface area contributed by atoms with Crippen LogP contribution in [-0.2, 0) is 11.3 Å². The Kier molecular flexibility index (Phi) is 3.73. The summed E-state index contributed by atoms with van der Waals surface area (Å²) in [5.41, 5.74) is 1.45. The highest BCUT2D eigenvalue weighted by molar-refractivity contribution is 6.30. The molecule has 0 saturated heterocycles. The van der Waals surface area contributed by atoms with E-state index in [1.54, 1.807) is 49.4 Å². The molecule has 0 radical (unpaired) electrons. The van der Waals surface area contributed by atoms with E-state index in [9.17, 15) is 14.4 Å². The van der Waals surface area contributed by atoms with Gasteiger partial charge in [-0.05, 0) is 13.0 Å². The van der Waals surface area contributed by atoms with Crippen LogP contribution < -0.4 is 0 Å². The average Bonchev–Trinajstić information content (AvgIpc) is 3.09. The van der Waals surface area contributed by atoms with Crippen molar-refractivity contribution in [1.82, 2.24) is 5.16 Å². The van der Waals surface area contributed by atoms with Gasteiger partial charge in [0.15, 0.2) is 11.6 Å². The summed E-state index contributed by atoms with van der Waals surface area (Å²) in [6.07, 6.45) is 0. The van der Waals surface area contributed by atoms with Gasteiger partial charge in [-0.1, -0.05) is 41.6 Å². The maximum absolute atomic E-state index is 12.9. The highest BCUT2D eigenvalue weighted by Crippen LogP contribution is 2.29. The van der Waals surface area contributed by atoms with Crippen LogP contribution >= 0.6 is 0 Å². The molecule has 1 aromatic heterocycles. The molecule has 1 aliphatic rings. The first-order chi connectivity index (χ1) is 12.6. The molecule has 128 valence electrons. The molecule has 0 unspecified atom stereocenters. The van der Waals surface area contributed by atoms with E-state index in [2.05, 4.69) is 5.16 Å². The Morgan fingerprint density at radius 3 is 2.38 bits per heavy atom. The lowest BCUT2D eigenvalue weighted by atomic mass is 9.82. The molecule has 3 aromatic rings. The number of carbonyl (C=O) groups is 3. The molecule has 6 nitrogen and oxygen atoms in total. The number of nitrogens with zero attached hydrogens (tertiary/aromatic N) is 1. The number of aromatic nitrogens is 1. The van der Waals surface area contributed by atoms with Gasteiger partial charge in [0.1, 0.15) is 18.1 Å². The smallest absolute Gasteiger partial charge is 0.339 e. The molecule has 4 rings (SSSR count). The van der Waals surface area contributed by atoms with Crippen molar-refractivity contribution in [2.24, 2.45) is 0 Å². The highest BCUT2D eigenvalue weighted by atomic mass is 16.5. The number of aryl methyl sites for hydroxylation is 1. The van der Waals surface area contributed by atoms with Crippen molar-refractivity contribution in [3.05, 3.63) is 87.8 Å². The van der Waals surface area contributed by atoms with E-state index < -0.39 is 5.97 Å². The van der Waals surface area contributed by atoms with Gasteiger partial charge in [-0.2, -0.15) is 0 Å². The SMILES string of the molecule is Cc1cc(COC(=O)c2cccc3c2C(=O)c2ccccc2C3=O)no1. The van der Waals surface area contributed by atoms with Gasteiger partial charge in [0, 0.05) is 28.3 Å². The summed E-state index contributed by atoms with van der Waals surface area (Å²) in [5.74, 6) is -0.731. The molecule has 0 fully saturated rings. The largest absolute Gasteiger partial charge is 0.455 e. The number of rotatable bonds is 3. The minimum Gasteiger partial charge on any atom is -0.455 e. The number of hydrogen-bond acceptors (Lipinski definition) is 6. The summed E-state index contributed by atoms with van der Waals surface area (Å²) in [6.45, 7) is 1.65. The fourth-order valence-corrected chi connectivity index (χ4v) is 3.02. The Morgan fingerprint density at radius 1 is 1.00 bits per heavy atom. The van der Waals surface area contributed by atoms with Crippen molar-refractivity contribution < 1.29 is 23.6 Å². The third-order valence-electron chi connectivity index (χ3n) is 4.20. The van der Waals surface area contributed by atoms with Gasteiger partial charge >= 0.3 is 5.97 Å². The van der Waals surface area contributed by atoms with Crippen molar-refractivity contribution in [3.8, 4) is 0 Å². The normalized spacial score (nSPS) is 12.5. The Labute approximate surface area is 148 Å². The van der Waals surface area contributed by atoms with E-state index in [0.29, 0.717) is 17.0 Å². The third-order valence-corrected chi connectivity index (χ3v) is 4.20. The van der Waals surface area contributed by atoms with Gasteiger partial charge in [0.05, 0.1) is 5.56 Å². The first-order valence-electron chi connectivity index (χ1n) is 7.97. The van der Waals surface area contributed by atoms with Gasteiger partial charge in [-0.3, -0.25) is 9.59 Å². The van der Waals surface area contributed by atoms with Crippen LogP contribution in [0.5, 0.6) is 0 Å². The van der Waals surface area contributed by atoms with Crippen LogP contribution in [0.4, 0.5) is 0 Å². The van der Waals surface area contributed by atoms with E-state index in [1.165, 1.54) is 6.07 Å². The summed E-state index contributed by atoms with van der Waals surface area (Å²) in [7, 11) is 0. The minimum absolute atomic E-state index is 0.0653. The molecule has 0 saturated carbocycles. The molecule has 26 heavy (non-hydrogen) atoms. The lowest BCUT2D eigenvalue weighted by molar-refractivity contribution is 0.0461. The van der Waals surface area contributed by atoms with Crippen molar-refractivity contribution in [1.29, 1.82) is 0 Å². The van der Waals surface area contributed by atoms with Gasteiger partial charge in [-0.15, -0.1) is 0 Å². The summed E-state index contributed by atoms with van der Waals surface area (Å²) >= 11 is 0. The lowest BCUT2D eigenvalue weighted by Gasteiger charge is -2.19. The van der Waals surface area contributed by atoms with Crippen LogP contribution in [0, 0.1) is 6.92 Å². The van der Waals surface area contributed by atoms with Crippen LogP contribution in [0.1, 0.15) is 53.7 Å². The van der Waals surface area contributed by atoms with Gasteiger partial charge in [0.2, 0.25) is 0 Å². The van der Waals surface area contributed by atoms with Gasteiger partial charge in [-0.25, -0.2) is 4.79 Å². The van der Waals surface area contributed by atoms with Crippen LogP contribution in [0.2, 0.25) is 0 Å². The topological polar surface area (TPSA) is 86.5 Å². The van der Waals surface area contributed by atoms with Crippen LogP contribution in [-0.4, -0.2) is 22.7 Å². The minimum atomic E-state index is -0.692. The molecule has 0 aliphatic heterocycles. The zero-order valence-corrected chi connectivity index (χ0v) is 13.8. The molecule has 0 atom stereocenters. The summed E-state index contributed by atoms with van der Waals surface area (Å²) < 4.78 is 10.2. The Balaban J connectivity index is 1.70. The number of carbonyl (C=O) groups excluding carboxylic acids is 3. The van der Waals surface area contributed by atoms with Crippen LogP contribution in [0.3, 0.4) is 0 Å². The highest BCUT2D eigenvalue weighted by Gasteiger charge is 2.33. The van der Waals surface area contributed by atoms with Crippen LogP contribution in [0.15, 0.2) is 53.1 Å². The van der Waals surface area contributed by atoms with Crippen molar-refractivity contribution in [3.63, 3.8) is 0 Å². The Morgan fingerprint density at radius 2 is 1.69 bits per heavy atom. The van der Waals surface area contributed by atoms with E-state index in [-0.39, 0.29) is 40.4 Å². The van der Waals surface area contributed by atoms with E-state index in [0.717, 1.165) is 0 Å². The summed E-state index contributed by atoms with van der Waals surface area (Å²) in [5, 5.41) is 3.75. The van der Waals surface area contributed by atoms with Gasteiger partial charge in [0.25, 0.3) is 0 Å². The molecule has 0 spiro atoms. The molecular formula is C20H13NO5. The zero-order valence-electron chi connectivity index (χ0n) is 13.8. The fraction of sp³-hybridized carbons (Fsp3) is 0.100. The van der Waals surface area contributed by atoms with Crippen molar-refractivity contribution in [2.75, 3.05) is 0 Å². The van der Waals surface area contributed by atoms with E-state index in [4.69, 9.17) is 9.26 Å². The molecule has 1 heterocycles. The number of hydrogen-bond donors (Lipinski definition) is 0.